The Hall–Kier alpha value is -0.120. The molecule has 1 saturated heterocycles. The minimum atomic E-state index is -0.218. The molecule has 0 amide bonds. The van der Waals surface area contributed by atoms with Crippen molar-refractivity contribution in [1.82, 2.24) is 0 Å². The zero-order valence-corrected chi connectivity index (χ0v) is 11.7. The molecule has 0 aromatic heterocycles. The molecule has 1 saturated carbocycles. The van der Waals surface area contributed by atoms with E-state index < -0.39 is 0 Å². The summed E-state index contributed by atoms with van der Waals surface area (Å²) in [5.41, 5.74) is 6.04. The van der Waals surface area contributed by atoms with Gasteiger partial charge in [0, 0.05) is 25.2 Å². The fraction of sp³-hybridized carbons (Fsp3) is 1.00. The molecule has 106 valence electrons. The van der Waals surface area contributed by atoms with Crippen molar-refractivity contribution in [3.8, 4) is 0 Å². The van der Waals surface area contributed by atoms with Gasteiger partial charge in [0.2, 0.25) is 0 Å². The summed E-state index contributed by atoms with van der Waals surface area (Å²) in [6, 6.07) is 0. The number of aliphatic hydroxyl groups excluding tert-OH is 1. The number of ether oxygens (including phenoxy) is 1. The van der Waals surface area contributed by atoms with Gasteiger partial charge in [0.15, 0.2) is 0 Å². The second-order valence-corrected chi connectivity index (χ2v) is 6.31. The maximum Gasteiger partial charge on any atom is 0.0638 e. The number of nitrogens with two attached hydrogens (primary N) is 1. The molecule has 0 aromatic carbocycles. The summed E-state index contributed by atoms with van der Waals surface area (Å²) in [5.74, 6) is 1.26. The van der Waals surface area contributed by atoms with E-state index in [4.69, 9.17) is 10.5 Å². The average Bonchev–Trinajstić information content (AvgIpc) is 2.47. The summed E-state index contributed by atoms with van der Waals surface area (Å²) < 4.78 is 5.40. The van der Waals surface area contributed by atoms with Crippen LogP contribution in [0.15, 0.2) is 0 Å². The Morgan fingerprint density at radius 1 is 1.22 bits per heavy atom. The predicted octanol–water partition coefficient (Wildman–Crippen LogP) is 2.32. The van der Waals surface area contributed by atoms with E-state index in [1.54, 1.807) is 0 Å². The lowest BCUT2D eigenvalue weighted by Crippen LogP contribution is -2.49. The molecule has 18 heavy (non-hydrogen) atoms. The Morgan fingerprint density at radius 3 is 2.33 bits per heavy atom. The molecule has 1 heterocycles. The molecular formula is C15H29NO2. The summed E-state index contributed by atoms with van der Waals surface area (Å²) >= 11 is 0. The van der Waals surface area contributed by atoms with E-state index >= 15 is 0 Å². The maximum atomic E-state index is 10.8. The third-order valence-corrected chi connectivity index (χ3v) is 5.42. The van der Waals surface area contributed by atoms with Crippen LogP contribution in [0.25, 0.3) is 0 Å². The van der Waals surface area contributed by atoms with Crippen molar-refractivity contribution in [1.29, 1.82) is 0 Å². The molecule has 3 N–H and O–H groups in total. The van der Waals surface area contributed by atoms with Crippen LogP contribution in [0, 0.1) is 17.3 Å². The van der Waals surface area contributed by atoms with E-state index in [1.807, 2.05) is 0 Å². The summed E-state index contributed by atoms with van der Waals surface area (Å²) in [5, 5.41) is 10.8. The smallest absolute Gasteiger partial charge is 0.0638 e. The van der Waals surface area contributed by atoms with Crippen LogP contribution in [0.3, 0.4) is 0 Å². The van der Waals surface area contributed by atoms with Crippen molar-refractivity contribution in [3.05, 3.63) is 0 Å². The average molecular weight is 255 g/mol. The maximum absolute atomic E-state index is 10.8. The number of hydrogen-bond acceptors (Lipinski definition) is 3. The molecule has 1 unspecified atom stereocenters. The summed E-state index contributed by atoms with van der Waals surface area (Å²) in [6.45, 7) is 4.52. The first-order chi connectivity index (χ1) is 8.72. The molecule has 2 rings (SSSR count). The van der Waals surface area contributed by atoms with Gasteiger partial charge in [-0.2, -0.15) is 0 Å². The van der Waals surface area contributed by atoms with Gasteiger partial charge in [-0.1, -0.05) is 13.3 Å². The molecule has 1 aliphatic carbocycles. The van der Waals surface area contributed by atoms with Gasteiger partial charge in [-0.3, -0.25) is 0 Å². The molecule has 1 aliphatic heterocycles. The minimum absolute atomic E-state index is 0.00627. The molecule has 1 atom stereocenters. The Labute approximate surface area is 111 Å². The van der Waals surface area contributed by atoms with Crippen LogP contribution in [-0.4, -0.2) is 31.0 Å². The Morgan fingerprint density at radius 2 is 1.83 bits per heavy atom. The fourth-order valence-electron chi connectivity index (χ4n) is 3.81. The van der Waals surface area contributed by atoms with Gasteiger partial charge < -0.3 is 15.6 Å². The highest BCUT2D eigenvalue weighted by molar-refractivity contribution is 4.95. The highest BCUT2D eigenvalue weighted by atomic mass is 16.5. The molecule has 2 aliphatic rings. The van der Waals surface area contributed by atoms with Crippen molar-refractivity contribution in [2.45, 2.75) is 58.0 Å². The first kappa shape index (κ1) is 14.3. The van der Waals surface area contributed by atoms with Crippen molar-refractivity contribution >= 4 is 0 Å². The summed E-state index contributed by atoms with van der Waals surface area (Å²) in [4.78, 5) is 0. The topological polar surface area (TPSA) is 55.5 Å². The Bertz CT molecular complexity index is 243. The molecule has 0 bridgehead atoms. The largest absolute Gasteiger partial charge is 0.392 e. The van der Waals surface area contributed by atoms with Crippen LogP contribution in [0.5, 0.6) is 0 Å². The SMILES string of the molecule is CCC1CCC(CN)(C(O)C2CCOCC2)CC1. The van der Waals surface area contributed by atoms with E-state index in [1.165, 1.54) is 19.3 Å². The lowest BCUT2D eigenvalue weighted by Gasteiger charge is -2.46. The zero-order valence-electron chi connectivity index (χ0n) is 11.7. The monoisotopic (exact) mass is 255 g/mol. The van der Waals surface area contributed by atoms with E-state index in [0.29, 0.717) is 12.5 Å². The molecule has 0 radical (unpaired) electrons. The number of hydrogen-bond donors (Lipinski definition) is 2. The minimum Gasteiger partial charge on any atom is -0.392 e. The van der Waals surface area contributed by atoms with Crippen LogP contribution < -0.4 is 5.73 Å². The van der Waals surface area contributed by atoms with Gasteiger partial charge in [-0.15, -0.1) is 0 Å². The third kappa shape index (κ3) is 2.89. The van der Waals surface area contributed by atoms with E-state index in [0.717, 1.165) is 44.8 Å². The van der Waals surface area contributed by atoms with Gasteiger partial charge in [0.05, 0.1) is 6.10 Å². The Kier molecular flexibility index (Phi) is 5.05. The second-order valence-electron chi connectivity index (χ2n) is 6.31. The van der Waals surface area contributed by atoms with Crippen molar-refractivity contribution < 1.29 is 9.84 Å². The molecule has 2 fully saturated rings. The standard InChI is InChI=1S/C15H29NO2/c1-2-12-3-7-15(11-16,8-4-12)14(17)13-5-9-18-10-6-13/h12-14,17H,2-11,16H2,1H3. The van der Waals surface area contributed by atoms with E-state index in [-0.39, 0.29) is 11.5 Å². The van der Waals surface area contributed by atoms with Crippen LogP contribution in [0.2, 0.25) is 0 Å². The zero-order chi connectivity index (χ0) is 13.0. The molecule has 3 nitrogen and oxygen atoms in total. The summed E-state index contributed by atoms with van der Waals surface area (Å²) in [7, 11) is 0. The van der Waals surface area contributed by atoms with Crippen LogP contribution >= 0.6 is 0 Å². The predicted molar refractivity (Wildman–Crippen MR) is 73.3 cm³/mol. The van der Waals surface area contributed by atoms with Gasteiger partial charge in [0.25, 0.3) is 0 Å². The Balaban J connectivity index is 1.98. The van der Waals surface area contributed by atoms with Crippen molar-refractivity contribution in [2.75, 3.05) is 19.8 Å². The molecule has 0 aromatic rings. The first-order valence-corrected chi connectivity index (χ1v) is 7.67. The number of aliphatic hydroxyl groups is 1. The van der Waals surface area contributed by atoms with Gasteiger partial charge in [0.1, 0.15) is 0 Å². The van der Waals surface area contributed by atoms with Crippen LogP contribution in [0.1, 0.15) is 51.9 Å². The van der Waals surface area contributed by atoms with E-state index in [9.17, 15) is 5.11 Å². The first-order valence-electron chi connectivity index (χ1n) is 7.67. The number of rotatable bonds is 4. The molecule has 0 spiro atoms. The lowest BCUT2D eigenvalue weighted by molar-refractivity contribution is -0.0747. The van der Waals surface area contributed by atoms with Gasteiger partial charge in [-0.25, -0.2) is 0 Å². The van der Waals surface area contributed by atoms with Crippen molar-refractivity contribution in [3.63, 3.8) is 0 Å². The fourth-order valence-corrected chi connectivity index (χ4v) is 3.81. The second kappa shape index (κ2) is 6.36. The summed E-state index contributed by atoms with van der Waals surface area (Å²) in [6.07, 6.45) is 7.77. The van der Waals surface area contributed by atoms with Gasteiger partial charge >= 0.3 is 0 Å². The highest BCUT2D eigenvalue weighted by Crippen LogP contribution is 2.45. The van der Waals surface area contributed by atoms with Gasteiger partial charge in [-0.05, 0) is 50.4 Å². The molecule has 3 heteroatoms. The quantitative estimate of drug-likeness (QED) is 0.810. The lowest BCUT2D eigenvalue weighted by atomic mass is 9.63. The van der Waals surface area contributed by atoms with Crippen molar-refractivity contribution in [2.24, 2.45) is 23.0 Å². The third-order valence-electron chi connectivity index (χ3n) is 5.42. The molecular weight excluding hydrogens is 226 g/mol. The highest BCUT2D eigenvalue weighted by Gasteiger charge is 2.43. The van der Waals surface area contributed by atoms with E-state index in [2.05, 4.69) is 6.92 Å². The van der Waals surface area contributed by atoms with Crippen LogP contribution in [0.4, 0.5) is 0 Å². The van der Waals surface area contributed by atoms with Crippen LogP contribution in [-0.2, 0) is 4.74 Å². The normalized spacial score (nSPS) is 36.5.